The number of benzene rings is 1. The molecule has 0 spiro atoms. The molecule has 3 heterocycles. The number of aromatic nitrogens is 3. The number of ether oxygens (including phenoxy) is 3. The number of fused-ring (bicyclic) bond motifs is 1. The van der Waals surface area contributed by atoms with Crippen molar-refractivity contribution in [1.82, 2.24) is 19.5 Å². The van der Waals surface area contributed by atoms with Gasteiger partial charge in [0.2, 0.25) is 5.88 Å². The molecule has 1 saturated carbocycles. The van der Waals surface area contributed by atoms with E-state index in [2.05, 4.69) is 57.6 Å². The maximum Gasteiger partial charge on any atom is 0.415 e. The van der Waals surface area contributed by atoms with E-state index < -0.39 is 12.1 Å². The number of nitrogens with one attached hydrogen (secondary N) is 1. The van der Waals surface area contributed by atoms with Crippen LogP contribution in [0.5, 0.6) is 5.88 Å². The zero-order valence-electron chi connectivity index (χ0n) is 27.9. The van der Waals surface area contributed by atoms with E-state index in [4.69, 9.17) is 25.8 Å². The maximum atomic E-state index is 14.3. The second-order valence-electron chi connectivity index (χ2n) is 14.5. The van der Waals surface area contributed by atoms with E-state index in [0.29, 0.717) is 44.0 Å². The summed E-state index contributed by atoms with van der Waals surface area (Å²) in [6.45, 7) is 27.0. The number of aromatic amines is 1. The molecule has 3 aromatic rings. The van der Waals surface area contributed by atoms with Crippen LogP contribution in [0.1, 0.15) is 82.3 Å². The Labute approximate surface area is 266 Å². The number of carbonyl (C=O) groups excluding carboxylic acids is 2. The van der Waals surface area contributed by atoms with Crippen LogP contribution in [0.15, 0.2) is 18.2 Å². The molecular weight excluding hydrogens is 570 g/mol. The minimum Gasteiger partial charge on any atom is -0.459 e. The molecule has 2 aliphatic rings. The van der Waals surface area contributed by atoms with Crippen molar-refractivity contribution in [2.45, 2.75) is 80.8 Å². The molecule has 4 atom stereocenters. The van der Waals surface area contributed by atoms with Crippen LogP contribution in [0.3, 0.4) is 0 Å². The van der Waals surface area contributed by atoms with Gasteiger partial charge in [0, 0.05) is 24.6 Å². The third kappa shape index (κ3) is 6.74. The molecule has 242 valence electrons. The Morgan fingerprint density at radius 1 is 1.18 bits per heavy atom. The Balaban J connectivity index is 1.61. The van der Waals surface area contributed by atoms with Crippen molar-refractivity contribution < 1.29 is 23.8 Å². The first-order valence-corrected chi connectivity index (χ1v) is 16.1. The minimum atomic E-state index is -0.617. The number of morpholine rings is 1. The summed E-state index contributed by atoms with van der Waals surface area (Å²) in [5.74, 6) is 1.11. The second-order valence-corrected chi connectivity index (χ2v) is 14.5. The Bertz CT molecular complexity index is 1600. The van der Waals surface area contributed by atoms with Gasteiger partial charge in [0.15, 0.2) is 11.5 Å². The van der Waals surface area contributed by atoms with Crippen molar-refractivity contribution in [2.24, 2.45) is 29.1 Å². The highest BCUT2D eigenvalue weighted by molar-refractivity contribution is 6.05. The number of aryl methyl sites for hydroxylation is 2. The first kappa shape index (κ1) is 32.6. The largest absolute Gasteiger partial charge is 0.459 e. The molecule has 1 aromatic carbocycles. The topological polar surface area (TPSA) is 103 Å². The van der Waals surface area contributed by atoms with Gasteiger partial charge in [-0.2, -0.15) is 0 Å². The Morgan fingerprint density at radius 2 is 1.89 bits per heavy atom. The fraction of sp³-hybridized carbons (Fsp3) is 0.600. The minimum absolute atomic E-state index is 0.0108. The lowest BCUT2D eigenvalue weighted by Crippen LogP contribution is -2.45. The molecule has 4 unspecified atom stereocenters. The molecule has 2 aromatic heterocycles. The molecular formula is C35H47N5O5. The highest BCUT2D eigenvalue weighted by atomic mass is 16.6. The fourth-order valence-electron chi connectivity index (χ4n) is 7.14. The maximum absolute atomic E-state index is 14.3. The average molecular weight is 618 g/mol. The standard InChI is InChI=1S/C35H47N5O5/c1-20(2)16-24-18-22(4)19-26(35(6,7)8)29(24)44-33(41)27-28(36-9)32(45-34(42)39-12-14-43-15-13-39)40-31(27)37-30(38-40)25-11-10-21(3)17-23(25)5/h10-11,17,20,22,24,26,29H,12-16,18-19H2,1-8H3,(H,37,38). The molecule has 1 aliphatic carbocycles. The average Bonchev–Trinajstić information content (AvgIpc) is 3.51. The molecule has 1 aliphatic heterocycles. The van der Waals surface area contributed by atoms with Gasteiger partial charge in [-0.05, 0) is 61.8 Å². The zero-order chi connectivity index (χ0) is 32.6. The van der Waals surface area contributed by atoms with Crippen LogP contribution in [0.25, 0.3) is 21.9 Å². The molecule has 10 nitrogen and oxygen atoms in total. The third-order valence-electron chi connectivity index (χ3n) is 9.27. The van der Waals surface area contributed by atoms with E-state index in [-0.39, 0.29) is 46.1 Å². The molecule has 1 N–H and O–H groups in total. The quantitative estimate of drug-likeness (QED) is 0.226. The van der Waals surface area contributed by atoms with Crippen molar-refractivity contribution in [1.29, 1.82) is 0 Å². The van der Waals surface area contributed by atoms with Gasteiger partial charge in [-0.15, -0.1) is 0 Å². The highest BCUT2D eigenvalue weighted by Gasteiger charge is 2.45. The number of carbonyl (C=O) groups is 2. The lowest BCUT2D eigenvalue weighted by atomic mass is 9.63. The molecule has 0 radical (unpaired) electrons. The van der Waals surface area contributed by atoms with Gasteiger partial charge in [0.1, 0.15) is 11.7 Å². The van der Waals surface area contributed by atoms with Crippen LogP contribution >= 0.6 is 0 Å². The normalized spacial score (nSPS) is 22.4. The fourth-order valence-corrected chi connectivity index (χ4v) is 7.14. The smallest absolute Gasteiger partial charge is 0.415 e. The summed E-state index contributed by atoms with van der Waals surface area (Å²) in [4.78, 5) is 37.7. The van der Waals surface area contributed by atoms with Crippen LogP contribution in [0.4, 0.5) is 10.5 Å². The van der Waals surface area contributed by atoms with Gasteiger partial charge in [-0.25, -0.2) is 23.9 Å². The monoisotopic (exact) mass is 617 g/mol. The number of nitrogens with zero attached hydrogens (tertiary/aromatic N) is 4. The van der Waals surface area contributed by atoms with E-state index in [9.17, 15) is 9.59 Å². The molecule has 2 fully saturated rings. The van der Waals surface area contributed by atoms with Crippen LogP contribution < -0.4 is 4.74 Å². The van der Waals surface area contributed by atoms with Gasteiger partial charge in [0.25, 0.3) is 5.69 Å². The van der Waals surface area contributed by atoms with E-state index in [0.717, 1.165) is 36.0 Å². The van der Waals surface area contributed by atoms with Gasteiger partial charge in [-0.3, -0.25) is 5.10 Å². The van der Waals surface area contributed by atoms with Crippen LogP contribution in [-0.4, -0.2) is 64.0 Å². The second kappa shape index (κ2) is 12.9. The zero-order valence-corrected chi connectivity index (χ0v) is 27.9. The molecule has 0 bridgehead atoms. The van der Waals surface area contributed by atoms with Gasteiger partial charge in [0.05, 0.1) is 19.8 Å². The van der Waals surface area contributed by atoms with E-state index >= 15 is 0 Å². The van der Waals surface area contributed by atoms with Crippen LogP contribution in [0.2, 0.25) is 0 Å². The van der Waals surface area contributed by atoms with E-state index in [1.807, 2.05) is 26.0 Å². The van der Waals surface area contributed by atoms with Gasteiger partial charge < -0.3 is 19.1 Å². The summed E-state index contributed by atoms with van der Waals surface area (Å²) in [6, 6.07) is 6.01. The summed E-state index contributed by atoms with van der Waals surface area (Å²) < 4.78 is 19.2. The Kier molecular flexibility index (Phi) is 9.31. The van der Waals surface area contributed by atoms with Crippen molar-refractivity contribution >= 4 is 23.4 Å². The summed E-state index contributed by atoms with van der Waals surface area (Å²) >= 11 is 0. The number of H-pyrrole nitrogens is 1. The lowest BCUT2D eigenvalue weighted by Gasteiger charge is -2.46. The first-order valence-electron chi connectivity index (χ1n) is 16.1. The molecule has 45 heavy (non-hydrogen) atoms. The van der Waals surface area contributed by atoms with Crippen LogP contribution in [-0.2, 0) is 9.47 Å². The third-order valence-corrected chi connectivity index (χ3v) is 9.27. The number of amides is 1. The SMILES string of the molecule is [C-]#[N+]c1c(C(=O)OC2C(CC(C)C)CC(C)CC2C(C)(C)C)c2nc(-c3ccc(C)cc3C)[nH]n2c1OC(=O)N1CCOCC1. The van der Waals surface area contributed by atoms with E-state index in [1.165, 1.54) is 9.42 Å². The van der Waals surface area contributed by atoms with Crippen molar-refractivity contribution in [3.63, 3.8) is 0 Å². The van der Waals surface area contributed by atoms with Gasteiger partial charge in [-0.1, -0.05) is 65.3 Å². The summed E-state index contributed by atoms with van der Waals surface area (Å²) in [6.07, 6.45) is 1.94. The van der Waals surface area contributed by atoms with Crippen LogP contribution in [0, 0.1) is 49.5 Å². The predicted octanol–water partition coefficient (Wildman–Crippen LogP) is 7.61. The van der Waals surface area contributed by atoms with Crippen molar-refractivity contribution in [2.75, 3.05) is 26.3 Å². The van der Waals surface area contributed by atoms with Crippen molar-refractivity contribution in [3.8, 4) is 17.3 Å². The Hall–Kier alpha value is -3.84. The molecule has 1 amide bonds. The molecule has 1 saturated heterocycles. The molecule has 5 rings (SSSR count). The predicted molar refractivity (Wildman–Crippen MR) is 173 cm³/mol. The number of rotatable bonds is 6. The number of esters is 1. The number of hydrogen-bond acceptors (Lipinski definition) is 6. The molecule has 10 heteroatoms. The number of hydrogen-bond donors (Lipinski definition) is 1. The highest BCUT2D eigenvalue weighted by Crippen LogP contribution is 2.47. The lowest BCUT2D eigenvalue weighted by molar-refractivity contribution is -0.0691. The van der Waals surface area contributed by atoms with Crippen molar-refractivity contribution in [3.05, 3.63) is 46.3 Å². The van der Waals surface area contributed by atoms with Gasteiger partial charge >= 0.3 is 12.1 Å². The summed E-state index contributed by atoms with van der Waals surface area (Å²) in [5, 5.41) is 3.21. The summed E-state index contributed by atoms with van der Waals surface area (Å²) in [7, 11) is 0. The Morgan fingerprint density at radius 3 is 2.51 bits per heavy atom. The summed E-state index contributed by atoms with van der Waals surface area (Å²) in [5.41, 5.74) is 2.97. The first-order chi connectivity index (χ1) is 21.3. The van der Waals surface area contributed by atoms with E-state index in [1.54, 1.807) is 0 Å².